The lowest BCUT2D eigenvalue weighted by Crippen LogP contribution is -2.37. The van der Waals surface area contributed by atoms with Crippen LogP contribution in [0.15, 0.2) is 30.3 Å². The van der Waals surface area contributed by atoms with Gasteiger partial charge in [0.25, 0.3) is 5.91 Å². The highest BCUT2D eigenvalue weighted by atomic mass is 19.4. The van der Waals surface area contributed by atoms with Crippen molar-refractivity contribution < 1.29 is 32.3 Å². The van der Waals surface area contributed by atoms with Crippen LogP contribution in [0.4, 0.5) is 18.0 Å². The number of alkyl halides is 3. The van der Waals surface area contributed by atoms with E-state index in [2.05, 4.69) is 10.1 Å². The lowest BCUT2D eigenvalue weighted by Gasteiger charge is -2.11. The molecule has 0 aliphatic carbocycles. The molecule has 1 aliphatic heterocycles. The first-order chi connectivity index (χ1) is 11.3. The van der Waals surface area contributed by atoms with Gasteiger partial charge in [0.15, 0.2) is 6.61 Å². The van der Waals surface area contributed by atoms with Crippen molar-refractivity contribution in [2.24, 2.45) is 0 Å². The van der Waals surface area contributed by atoms with Crippen LogP contribution in [0.3, 0.4) is 0 Å². The summed E-state index contributed by atoms with van der Waals surface area (Å²) >= 11 is 0. The maximum Gasteiger partial charge on any atom is 0.416 e. The van der Waals surface area contributed by atoms with Gasteiger partial charge in [-0.25, -0.2) is 9.59 Å². The van der Waals surface area contributed by atoms with Crippen molar-refractivity contribution in [1.82, 2.24) is 10.2 Å². The van der Waals surface area contributed by atoms with Gasteiger partial charge in [0.1, 0.15) is 0 Å². The monoisotopic (exact) mass is 342 g/mol. The van der Waals surface area contributed by atoms with Gasteiger partial charge in [0.05, 0.1) is 5.56 Å². The number of esters is 1. The van der Waals surface area contributed by atoms with Crippen LogP contribution in [0.5, 0.6) is 0 Å². The molecule has 1 aromatic rings. The number of ether oxygens (including phenoxy) is 1. The predicted molar refractivity (Wildman–Crippen MR) is 76.5 cm³/mol. The molecule has 1 fully saturated rings. The van der Waals surface area contributed by atoms with Crippen molar-refractivity contribution in [2.75, 3.05) is 19.7 Å². The summed E-state index contributed by atoms with van der Waals surface area (Å²) in [4.78, 5) is 35.3. The Morgan fingerprint density at radius 1 is 1.33 bits per heavy atom. The molecule has 1 heterocycles. The lowest BCUT2D eigenvalue weighted by atomic mass is 10.1. The predicted octanol–water partition coefficient (Wildman–Crippen LogP) is 1.81. The van der Waals surface area contributed by atoms with Gasteiger partial charge in [-0.15, -0.1) is 0 Å². The van der Waals surface area contributed by atoms with E-state index in [1.165, 1.54) is 12.1 Å². The summed E-state index contributed by atoms with van der Waals surface area (Å²) in [5, 5.41) is 2.42. The Kier molecular flexibility index (Phi) is 5.22. The molecule has 0 radical (unpaired) electrons. The molecule has 2 rings (SSSR count). The summed E-state index contributed by atoms with van der Waals surface area (Å²) in [6, 6.07) is 3.83. The number of carbonyl (C=O) groups is 3. The van der Waals surface area contributed by atoms with Crippen molar-refractivity contribution in [1.29, 1.82) is 0 Å². The van der Waals surface area contributed by atoms with Crippen LogP contribution in [-0.2, 0) is 20.5 Å². The van der Waals surface area contributed by atoms with E-state index in [9.17, 15) is 27.6 Å². The third kappa shape index (κ3) is 4.58. The van der Waals surface area contributed by atoms with E-state index in [0.29, 0.717) is 6.54 Å². The van der Waals surface area contributed by atoms with E-state index in [0.717, 1.165) is 29.2 Å². The minimum absolute atomic E-state index is 0.159. The Morgan fingerprint density at radius 2 is 2.08 bits per heavy atom. The smallest absolute Gasteiger partial charge is 0.416 e. The van der Waals surface area contributed by atoms with E-state index < -0.39 is 36.3 Å². The molecular weight excluding hydrogens is 329 g/mol. The molecule has 0 aromatic heterocycles. The number of halogens is 3. The second-order valence-electron chi connectivity index (χ2n) is 4.84. The van der Waals surface area contributed by atoms with Gasteiger partial charge in [-0.2, -0.15) is 13.2 Å². The highest BCUT2D eigenvalue weighted by Crippen LogP contribution is 2.29. The number of nitrogens with one attached hydrogen (secondary N) is 1. The molecule has 3 amide bonds. The Hall–Kier alpha value is -2.84. The molecule has 0 bridgehead atoms. The normalized spacial score (nSPS) is 14.8. The number of rotatable bonds is 4. The van der Waals surface area contributed by atoms with Crippen molar-refractivity contribution in [3.8, 4) is 0 Å². The topological polar surface area (TPSA) is 75.7 Å². The summed E-state index contributed by atoms with van der Waals surface area (Å²) in [5.74, 6) is -1.58. The van der Waals surface area contributed by atoms with Gasteiger partial charge in [0, 0.05) is 19.2 Å². The fourth-order valence-electron chi connectivity index (χ4n) is 1.95. The largest absolute Gasteiger partial charge is 0.452 e. The molecule has 6 nitrogen and oxygen atoms in total. The number of imide groups is 1. The third-order valence-corrected chi connectivity index (χ3v) is 3.12. The molecular formula is C15H13F3N2O4. The molecule has 1 aromatic carbocycles. The zero-order chi connectivity index (χ0) is 17.7. The van der Waals surface area contributed by atoms with Crippen molar-refractivity contribution in [3.63, 3.8) is 0 Å². The molecule has 128 valence electrons. The van der Waals surface area contributed by atoms with Gasteiger partial charge in [-0.05, 0) is 23.8 Å². The molecule has 0 saturated carbocycles. The molecule has 0 spiro atoms. The Bertz CT molecular complexity index is 686. The number of hydrogen-bond donors (Lipinski definition) is 1. The fourth-order valence-corrected chi connectivity index (χ4v) is 1.95. The Morgan fingerprint density at radius 3 is 2.71 bits per heavy atom. The van der Waals surface area contributed by atoms with Crippen LogP contribution in [0, 0.1) is 0 Å². The van der Waals surface area contributed by atoms with E-state index in [1.54, 1.807) is 0 Å². The van der Waals surface area contributed by atoms with Gasteiger partial charge in [-0.3, -0.25) is 9.69 Å². The first-order valence-electron chi connectivity index (χ1n) is 6.87. The van der Waals surface area contributed by atoms with Crippen LogP contribution >= 0.6 is 0 Å². The van der Waals surface area contributed by atoms with E-state index >= 15 is 0 Å². The number of urea groups is 1. The molecule has 9 heteroatoms. The lowest BCUT2D eigenvalue weighted by molar-refractivity contribution is -0.146. The van der Waals surface area contributed by atoms with Gasteiger partial charge >= 0.3 is 18.2 Å². The van der Waals surface area contributed by atoms with Crippen LogP contribution in [0.1, 0.15) is 11.1 Å². The summed E-state index contributed by atoms with van der Waals surface area (Å²) in [6.45, 7) is -0.109. The highest BCUT2D eigenvalue weighted by molar-refractivity contribution is 5.97. The van der Waals surface area contributed by atoms with Gasteiger partial charge < -0.3 is 10.1 Å². The second-order valence-corrected chi connectivity index (χ2v) is 4.84. The number of nitrogens with zero attached hydrogens (tertiary/aromatic N) is 1. The van der Waals surface area contributed by atoms with Crippen molar-refractivity contribution >= 4 is 24.0 Å². The summed E-state index contributed by atoms with van der Waals surface area (Å²) in [5.41, 5.74) is -0.680. The zero-order valence-corrected chi connectivity index (χ0v) is 12.3. The molecule has 1 saturated heterocycles. The fraction of sp³-hybridized carbons (Fsp3) is 0.267. The standard InChI is InChI=1S/C15H13F3N2O4/c16-15(17,18)11-3-1-2-10(8-11)4-5-13(22)24-9-12(21)20-7-6-19-14(20)23/h1-5,8H,6-7,9H2,(H,19,23)/b5-4+. The van der Waals surface area contributed by atoms with Crippen molar-refractivity contribution in [3.05, 3.63) is 41.5 Å². The minimum Gasteiger partial charge on any atom is -0.452 e. The van der Waals surface area contributed by atoms with Crippen molar-refractivity contribution in [2.45, 2.75) is 6.18 Å². The minimum atomic E-state index is -4.48. The maximum absolute atomic E-state index is 12.6. The summed E-state index contributed by atoms with van der Waals surface area (Å²) < 4.78 is 42.4. The first-order valence-corrected chi connectivity index (χ1v) is 6.87. The number of carbonyl (C=O) groups excluding carboxylic acids is 3. The van der Waals surface area contributed by atoms with E-state index in [1.807, 2.05) is 0 Å². The summed E-state index contributed by atoms with van der Waals surface area (Å²) in [6.07, 6.45) is -2.43. The average molecular weight is 342 g/mol. The van der Waals surface area contributed by atoms with E-state index in [-0.39, 0.29) is 12.1 Å². The van der Waals surface area contributed by atoms with Crippen LogP contribution in [-0.4, -0.2) is 42.5 Å². The van der Waals surface area contributed by atoms with E-state index in [4.69, 9.17) is 0 Å². The highest BCUT2D eigenvalue weighted by Gasteiger charge is 2.30. The molecule has 1 N–H and O–H groups in total. The quantitative estimate of drug-likeness (QED) is 0.669. The Labute approximate surface area is 134 Å². The Balaban J connectivity index is 1.89. The first kappa shape index (κ1) is 17.5. The number of hydrogen-bond acceptors (Lipinski definition) is 4. The molecule has 1 aliphatic rings. The van der Waals surface area contributed by atoms with Gasteiger partial charge in [-0.1, -0.05) is 12.1 Å². The van der Waals surface area contributed by atoms with Crippen LogP contribution in [0.2, 0.25) is 0 Å². The van der Waals surface area contributed by atoms with Crippen LogP contribution in [0.25, 0.3) is 6.08 Å². The second kappa shape index (κ2) is 7.16. The zero-order valence-electron chi connectivity index (χ0n) is 12.3. The number of benzene rings is 1. The number of amides is 3. The average Bonchev–Trinajstić information content (AvgIpc) is 2.96. The maximum atomic E-state index is 12.6. The SMILES string of the molecule is O=C(/C=C/c1cccc(C(F)(F)F)c1)OCC(=O)N1CCNC1=O. The summed E-state index contributed by atoms with van der Waals surface area (Å²) in [7, 11) is 0. The molecule has 0 atom stereocenters. The molecule has 24 heavy (non-hydrogen) atoms. The van der Waals surface area contributed by atoms with Crippen LogP contribution < -0.4 is 5.32 Å². The van der Waals surface area contributed by atoms with Gasteiger partial charge in [0.2, 0.25) is 0 Å². The molecule has 0 unspecified atom stereocenters. The third-order valence-electron chi connectivity index (χ3n) is 3.12.